The smallest absolute Gasteiger partial charge is 0.115 e. The molecule has 156 valence electrons. The second-order valence-electron chi connectivity index (χ2n) is 8.60. The van der Waals surface area contributed by atoms with Crippen LogP contribution < -0.4 is 0 Å². The number of allylic oxidation sites excluding steroid dienone is 2. The molecule has 3 aromatic rings. The SMILES string of the molecule is CC(=CC(c1ccc(O)cc1)C(C)(C)C(C)c1ccc(O)cc1)c1ccc(O)cc1. The van der Waals surface area contributed by atoms with Crippen molar-refractivity contribution in [3.63, 3.8) is 0 Å². The first kappa shape index (κ1) is 21.5. The van der Waals surface area contributed by atoms with Crippen LogP contribution in [0.15, 0.2) is 78.9 Å². The lowest BCUT2D eigenvalue weighted by molar-refractivity contribution is 0.266. The summed E-state index contributed by atoms with van der Waals surface area (Å²) < 4.78 is 0. The van der Waals surface area contributed by atoms with Gasteiger partial charge in [-0.3, -0.25) is 0 Å². The third kappa shape index (κ3) is 4.68. The van der Waals surface area contributed by atoms with Gasteiger partial charge < -0.3 is 15.3 Å². The molecule has 0 fully saturated rings. The maximum absolute atomic E-state index is 9.78. The fraction of sp³-hybridized carbons (Fsp3) is 0.259. The molecule has 3 aromatic carbocycles. The van der Waals surface area contributed by atoms with Crippen LogP contribution in [0.4, 0.5) is 0 Å². The Labute approximate surface area is 179 Å². The van der Waals surface area contributed by atoms with E-state index in [1.807, 2.05) is 36.4 Å². The highest BCUT2D eigenvalue weighted by molar-refractivity contribution is 5.65. The molecule has 0 aliphatic rings. The number of hydrogen-bond donors (Lipinski definition) is 3. The molecule has 3 N–H and O–H groups in total. The highest BCUT2D eigenvalue weighted by atomic mass is 16.3. The van der Waals surface area contributed by atoms with Gasteiger partial charge >= 0.3 is 0 Å². The Morgan fingerprint density at radius 3 is 1.57 bits per heavy atom. The van der Waals surface area contributed by atoms with E-state index in [9.17, 15) is 15.3 Å². The van der Waals surface area contributed by atoms with Crippen molar-refractivity contribution < 1.29 is 15.3 Å². The van der Waals surface area contributed by atoms with Crippen LogP contribution in [-0.2, 0) is 0 Å². The summed E-state index contributed by atoms with van der Waals surface area (Å²) in [5.41, 5.74) is 4.31. The monoisotopic (exact) mass is 402 g/mol. The van der Waals surface area contributed by atoms with Crippen molar-refractivity contribution in [1.82, 2.24) is 0 Å². The third-order valence-corrected chi connectivity index (χ3v) is 6.30. The quantitative estimate of drug-likeness (QED) is 0.424. The molecule has 3 nitrogen and oxygen atoms in total. The van der Waals surface area contributed by atoms with Gasteiger partial charge in [0.1, 0.15) is 17.2 Å². The van der Waals surface area contributed by atoms with Gasteiger partial charge in [-0.2, -0.15) is 0 Å². The Balaban J connectivity index is 2.05. The van der Waals surface area contributed by atoms with Gasteiger partial charge in [-0.25, -0.2) is 0 Å². The Morgan fingerprint density at radius 1 is 0.700 bits per heavy atom. The average molecular weight is 403 g/mol. The fourth-order valence-corrected chi connectivity index (χ4v) is 3.95. The van der Waals surface area contributed by atoms with Gasteiger partial charge in [-0.1, -0.05) is 63.2 Å². The Kier molecular flexibility index (Phi) is 6.21. The zero-order valence-electron chi connectivity index (χ0n) is 18.0. The van der Waals surface area contributed by atoms with Crippen LogP contribution in [-0.4, -0.2) is 15.3 Å². The minimum atomic E-state index is -0.161. The molecular formula is C27H30O3. The zero-order valence-corrected chi connectivity index (χ0v) is 18.0. The van der Waals surface area contributed by atoms with Crippen LogP contribution in [0.25, 0.3) is 5.57 Å². The van der Waals surface area contributed by atoms with Crippen LogP contribution in [0.5, 0.6) is 17.2 Å². The highest BCUT2D eigenvalue weighted by Crippen LogP contribution is 2.48. The summed E-state index contributed by atoms with van der Waals surface area (Å²) in [7, 11) is 0. The summed E-state index contributed by atoms with van der Waals surface area (Å²) in [6.45, 7) is 8.80. The molecule has 0 saturated heterocycles. The normalized spacial score (nSPS) is 14.3. The standard InChI is InChI=1S/C27H30O3/c1-18(20-5-11-23(28)12-6-20)17-26(22-9-15-25(30)16-10-22)27(3,4)19(2)21-7-13-24(29)14-8-21/h5-17,19,26,28-30H,1-4H3. The van der Waals surface area contributed by atoms with Crippen molar-refractivity contribution in [3.05, 3.63) is 95.6 Å². The van der Waals surface area contributed by atoms with Gasteiger partial charge in [-0.05, 0) is 76.9 Å². The summed E-state index contributed by atoms with van der Waals surface area (Å²) >= 11 is 0. The number of phenolic OH excluding ortho intramolecular Hbond substituents is 3. The molecular weight excluding hydrogens is 372 g/mol. The Morgan fingerprint density at radius 2 is 1.10 bits per heavy atom. The second-order valence-corrected chi connectivity index (χ2v) is 8.60. The molecule has 0 aromatic heterocycles. The van der Waals surface area contributed by atoms with Crippen molar-refractivity contribution in [2.75, 3.05) is 0 Å². The zero-order chi connectivity index (χ0) is 21.9. The van der Waals surface area contributed by atoms with Crippen LogP contribution in [0.1, 0.15) is 56.2 Å². The molecule has 0 saturated carbocycles. The van der Waals surface area contributed by atoms with Crippen LogP contribution in [0.2, 0.25) is 0 Å². The Hall–Kier alpha value is -3.20. The topological polar surface area (TPSA) is 60.7 Å². The van der Waals surface area contributed by atoms with E-state index in [0.29, 0.717) is 0 Å². The minimum Gasteiger partial charge on any atom is -0.508 e. The average Bonchev–Trinajstić information content (AvgIpc) is 2.73. The highest BCUT2D eigenvalue weighted by Gasteiger charge is 2.35. The third-order valence-electron chi connectivity index (χ3n) is 6.30. The van der Waals surface area contributed by atoms with Crippen molar-refractivity contribution >= 4 is 5.57 Å². The van der Waals surface area contributed by atoms with E-state index >= 15 is 0 Å². The molecule has 0 bridgehead atoms. The van der Waals surface area contributed by atoms with Crippen molar-refractivity contribution in [2.24, 2.45) is 5.41 Å². The first-order chi connectivity index (χ1) is 14.2. The summed E-state index contributed by atoms with van der Waals surface area (Å²) in [4.78, 5) is 0. The van der Waals surface area contributed by atoms with Crippen molar-refractivity contribution in [1.29, 1.82) is 0 Å². The molecule has 3 heteroatoms. The van der Waals surface area contributed by atoms with Gasteiger partial charge in [0.05, 0.1) is 0 Å². The molecule has 0 aliphatic heterocycles. The van der Waals surface area contributed by atoms with E-state index in [4.69, 9.17) is 0 Å². The maximum atomic E-state index is 9.78. The molecule has 0 aliphatic carbocycles. The van der Waals surface area contributed by atoms with Gasteiger partial charge in [0.15, 0.2) is 0 Å². The first-order valence-corrected chi connectivity index (χ1v) is 10.2. The van der Waals surface area contributed by atoms with Gasteiger partial charge in [0.2, 0.25) is 0 Å². The van der Waals surface area contributed by atoms with E-state index < -0.39 is 0 Å². The number of phenols is 3. The Bertz CT molecular complexity index is 997. The number of rotatable bonds is 6. The lowest BCUT2D eigenvalue weighted by Gasteiger charge is -2.39. The molecule has 0 radical (unpaired) electrons. The van der Waals surface area contributed by atoms with Gasteiger partial charge in [-0.15, -0.1) is 0 Å². The van der Waals surface area contributed by atoms with Crippen molar-refractivity contribution in [2.45, 2.75) is 39.5 Å². The van der Waals surface area contributed by atoms with Gasteiger partial charge in [0, 0.05) is 5.92 Å². The molecule has 2 atom stereocenters. The second kappa shape index (κ2) is 8.66. The molecule has 0 amide bonds. The summed E-state index contributed by atoms with van der Waals surface area (Å²) in [6, 6.07) is 22.1. The molecule has 2 unspecified atom stereocenters. The lowest BCUT2D eigenvalue weighted by Crippen LogP contribution is -2.27. The summed E-state index contributed by atoms with van der Waals surface area (Å²) in [5, 5.41) is 29.1. The predicted molar refractivity (Wildman–Crippen MR) is 123 cm³/mol. The van der Waals surface area contributed by atoms with Crippen molar-refractivity contribution in [3.8, 4) is 17.2 Å². The fourth-order valence-electron chi connectivity index (χ4n) is 3.95. The largest absolute Gasteiger partial charge is 0.508 e. The molecule has 0 spiro atoms. The molecule has 30 heavy (non-hydrogen) atoms. The van der Waals surface area contributed by atoms with E-state index in [-0.39, 0.29) is 34.5 Å². The van der Waals surface area contributed by atoms with E-state index in [1.165, 1.54) is 0 Å². The summed E-state index contributed by atoms with van der Waals surface area (Å²) in [6.07, 6.45) is 2.27. The molecule has 3 rings (SSSR count). The van der Waals surface area contributed by atoms with E-state index in [0.717, 1.165) is 22.3 Å². The van der Waals surface area contributed by atoms with Crippen LogP contribution >= 0.6 is 0 Å². The predicted octanol–water partition coefficient (Wildman–Crippen LogP) is 6.82. The molecule has 0 heterocycles. The van der Waals surface area contributed by atoms with Crippen LogP contribution in [0.3, 0.4) is 0 Å². The maximum Gasteiger partial charge on any atom is 0.115 e. The lowest BCUT2D eigenvalue weighted by atomic mass is 9.65. The first-order valence-electron chi connectivity index (χ1n) is 10.2. The van der Waals surface area contributed by atoms with Gasteiger partial charge in [0.25, 0.3) is 0 Å². The van der Waals surface area contributed by atoms with Crippen LogP contribution in [0, 0.1) is 5.41 Å². The number of benzene rings is 3. The van der Waals surface area contributed by atoms with E-state index in [1.54, 1.807) is 36.4 Å². The minimum absolute atomic E-state index is 0.0794. The van der Waals surface area contributed by atoms with E-state index in [2.05, 4.69) is 33.8 Å². The number of hydrogen-bond acceptors (Lipinski definition) is 3. The number of aromatic hydroxyl groups is 3. The summed E-state index contributed by atoms with van der Waals surface area (Å²) in [5.74, 6) is 1.06.